The number of nitrogens with one attached hydrogen (secondary N) is 1. The first-order valence-corrected chi connectivity index (χ1v) is 9.47. The Morgan fingerprint density at radius 1 is 0.967 bits per heavy atom. The quantitative estimate of drug-likeness (QED) is 0.355. The summed E-state index contributed by atoms with van der Waals surface area (Å²) in [6.45, 7) is 3.67. The molecule has 3 aromatic carbocycles. The summed E-state index contributed by atoms with van der Waals surface area (Å²) in [6, 6.07) is 21.6. The molecule has 4 aromatic rings. The first-order chi connectivity index (χ1) is 14.5. The molecule has 0 radical (unpaired) electrons. The maximum absolute atomic E-state index is 13.4. The average Bonchev–Trinajstić information content (AvgIpc) is 2.75. The molecule has 1 aromatic heterocycles. The lowest BCUT2D eigenvalue weighted by Crippen LogP contribution is -2.16. The lowest BCUT2D eigenvalue weighted by molar-refractivity contribution is -0.384. The minimum absolute atomic E-state index is 0.0721. The highest BCUT2D eigenvalue weighted by atomic mass is 16.6. The van der Waals surface area contributed by atoms with Crippen LogP contribution in [0.1, 0.15) is 21.5 Å². The zero-order chi connectivity index (χ0) is 21.3. The lowest BCUT2D eigenvalue weighted by Gasteiger charge is -2.15. The molecule has 0 bridgehead atoms. The second kappa shape index (κ2) is 7.75. The number of nitro groups is 1. The van der Waals surface area contributed by atoms with Gasteiger partial charge in [-0.1, -0.05) is 54.6 Å². The van der Waals surface area contributed by atoms with Gasteiger partial charge < -0.3 is 5.32 Å². The largest absolute Gasteiger partial charge is 0.321 e. The van der Waals surface area contributed by atoms with Crippen molar-refractivity contribution in [3.05, 3.63) is 99.6 Å². The van der Waals surface area contributed by atoms with Crippen molar-refractivity contribution in [3.8, 4) is 11.3 Å². The Morgan fingerprint density at radius 2 is 1.67 bits per heavy atom. The minimum atomic E-state index is -0.476. The number of hydrogen-bond acceptors (Lipinski definition) is 4. The van der Waals surface area contributed by atoms with Crippen LogP contribution in [0.2, 0.25) is 0 Å². The average molecular weight is 397 g/mol. The number of nitro benzene ring substituents is 1. The van der Waals surface area contributed by atoms with Crippen LogP contribution in [0.4, 0.5) is 11.4 Å². The van der Waals surface area contributed by atoms with E-state index in [0.717, 1.165) is 27.8 Å². The van der Waals surface area contributed by atoms with Crippen LogP contribution in [0.15, 0.2) is 72.8 Å². The van der Waals surface area contributed by atoms with E-state index in [-0.39, 0.29) is 11.6 Å². The van der Waals surface area contributed by atoms with Gasteiger partial charge in [0.15, 0.2) is 0 Å². The molecule has 0 saturated carbocycles. The van der Waals surface area contributed by atoms with Crippen LogP contribution in [0.3, 0.4) is 0 Å². The Morgan fingerprint density at radius 3 is 2.40 bits per heavy atom. The van der Waals surface area contributed by atoms with Crippen molar-refractivity contribution < 1.29 is 9.72 Å². The third kappa shape index (κ3) is 3.51. The highest BCUT2D eigenvalue weighted by molar-refractivity contribution is 6.14. The number of fused-ring (bicyclic) bond motifs is 1. The predicted octanol–water partition coefficient (Wildman–Crippen LogP) is 5.68. The van der Waals surface area contributed by atoms with Gasteiger partial charge in [-0.15, -0.1) is 0 Å². The van der Waals surface area contributed by atoms with Crippen molar-refractivity contribution in [1.82, 2.24) is 4.98 Å². The van der Waals surface area contributed by atoms with E-state index < -0.39 is 4.92 Å². The third-order valence-corrected chi connectivity index (χ3v) is 5.09. The van der Waals surface area contributed by atoms with Crippen LogP contribution in [0, 0.1) is 24.0 Å². The standard InChI is InChI=1S/C24H19N3O3/c1-15-12-13-18(27(29)30)14-21(15)26-24(28)22-16(2)23(17-8-4-3-5-9-17)25-20-11-7-6-10-19(20)22/h3-14H,1-2H3,(H,26,28). The summed E-state index contributed by atoms with van der Waals surface area (Å²) in [6.07, 6.45) is 0. The Bertz CT molecular complexity index is 1280. The Labute approximate surface area is 173 Å². The molecule has 0 fully saturated rings. The van der Waals surface area contributed by atoms with Gasteiger partial charge in [0.05, 0.1) is 27.4 Å². The molecule has 1 N–H and O–H groups in total. The molecule has 0 atom stereocenters. The fraction of sp³-hybridized carbons (Fsp3) is 0.0833. The van der Waals surface area contributed by atoms with Crippen LogP contribution < -0.4 is 5.32 Å². The predicted molar refractivity (Wildman–Crippen MR) is 118 cm³/mol. The van der Waals surface area contributed by atoms with Crippen LogP contribution in [0.5, 0.6) is 0 Å². The van der Waals surface area contributed by atoms with Gasteiger partial charge in [-0.05, 0) is 31.0 Å². The summed E-state index contributed by atoms with van der Waals surface area (Å²) in [5, 5.41) is 14.7. The smallest absolute Gasteiger partial charge is 0.271 e. The van der Waals surface area contributed by atoms with E-state index in [1.165, 1.54) is 12.1 Å². The summed E-state index contributed by atoms with van der Waals surface area (Å²) in [4.78, 5) is 28.8. The summed E-state index contributed by atoms with van der Waals surface area (Å²) in [7, 11) is 0. The number of amides is 1. The molecule has 6 nitrogen and oxygen atoms in total. The third-order valence-electron chi connectivity index (χ3n) is 5.09. The van der Waals surface area contributed by atoms with Crippen molar-refractivity contribution >= 4 is 28.2 Å². The fourth-order valence-corrected chi connectivity index (χ4v) is 3.52. The van der Waals surface area contributed by atoms with E-state index in [2.05, 4.69) is 5.32 Å². The zero-order valence-electron chi connectivity index (χ0n) is 16.5. The van der Waals surface area contributed by atoms with Crippen LogP contribution >= 0.6 is 0 Å². The maximum atomic E-state index is 13.4. The number of benzene rings is 3. The van der Waals surface area contributed by atoms with Crippen molar-refractivity contribution in [2.24, 2.45) is 0 Å². The number of rotatable bonds is 4. The first-order valence-electron chi connectivity index (χ1n) is 9.47. The number of hydrogen-bond donors (Lipinski definition) is 1. The second-order valence-electron chi connectivity index (χ2n) is 7.05. The van der Waals surface area contributed by atoms with Crippen molar-refractivity contribution in [2.75, 3.05) is 5.32 Å². The number of pyridine rings is 1. The number of nitrogens with zero attached hydrogens (tertiary/aromatic N) is 2. The van der Waals surface area contributed by atoms with E-state index >= 15 is 0 Å². The molecule has 148 valence electrons. The van der Waals surface area contributed by atoms with Crippen LogP contribution in [0.25, 0.3) is 22.2 Å². The van der Waals surface area contributed by atoms with Crippen molar-refractivity contribution in [1.29, 1.82) is 0 Å². The van der Waals surface area contributed by atoms with Gasteiger partial charge in [0.25, 0.3) is 11.6 Å². The summed E-state index contributed by atoms with van der Waals surface area (Å²) < 4.78 is 0. The Balaban J connectivity index is 1.86. The van der Waals surface area contributed by atoms with Gasteiger partial charge in [-0.3, -0.25) is 14.9 Å². The second-order valence-corrected chi connectivity index (χ2v) is 7.05. The molecule has 0 unspecified atom stereocenters. The van der Waals surface area contributed by atoms with E-state index in [1.54, 1.807) is 13.0 Å². The number of aryl methyl sites for hydroxylation is 1. The molecule has 4 rings (SSSR count). The molecule has 1 heterocycles. The number of anilines is 1. The van der Waals surface area contributed by atoms with E-state index in [0.29, 0.717) is 16.8 Å². The zero-order valence-corrected chi connectivity index (χ0v) is 16.5. The van der Waals surface area contributed by atoms with Crippen molar-refractivity contribution in [3.63, 3.8) is 0 Å². The van der Waals surface area contributed by atoms with E-state index in [4.69, 9.17) is 4.98 Å². The normalized spacial score (nSPS) is 10.7. The molecular formula is C24H19N3O3. The molecule has 0 aliphatic heterocycles. The van der Waals surface area contributed by atoms with Crippen LogP contribution in [-0.2, 0) is 0 Å². The highest BCUT2D eigenvalue weighted by Crippen LogP contribution is 2.31. The number of para-hydroxylation sites is 1. The number of aromatic nitrogens is 1. The molecular weight excluding hydrogens is 378 g/mol. The van der Waals surface area contributed by atoms with Gasteiger partial charge >= 0.3 is 0 Å². The minimum Gasteiger partial charge on any atom is -0.321 e. The van der Waals surface area contributed by atoms with Crippen LogP contribution in [-0.4, -0.2) is 15.8 Å². The maximum Gasteiger partial charge on any atom is 0.271 e. The number of non-ortho nitro benzene ring substituents is 1. The fourth-order valence-electron chi connectivity index (χ4n) is 3.52. The number of carbonyl (C=O) groups excluding carboxylic acids is 1. The first kappa shape index (κ1) is 19.3. The Hall–Kier alpha value is -4.06. The van der Waals surface area contributed by atoms with Crippen molar-refractivity contribution in [2.45, 2.75) is 13.8 Å². The molecule has 6 heteroatoms. The SMILES string of the molecule is Cc1ccc([N+](=O)[O-])cc1NC(=O)c1c(C)c(-c2ccccc2)nc2ccccc12. The lowest BCUT2D eigenvalue weighted by atomic mass is 9.97. The van der Waals surface area contributed by atoms with E-state index in [1.807, 2.05) is 61.5 Å². The molecule has 1 amide bonds. The summed E-state index contributed by atoms with van der Waals surface area (Å²) in [5.74, 6) is -0.327. The number of carbonyl (C=O) groups is 1. The Kier molecular flexibility index (Phi) is 4.98. The molecule has 0 spiro atoms. The monoisotopic (exact) mass is 397 g/mol. The topological polar surface area (TPSA) is 85.1 Å². The van der Waals surface area contributed by atoms with Gasteiger partial charge in [-0.25, -0.2) is 4.98 Å². The highest BCUT2D eigenvalue weighted by Gasteiger charge is 2.20. The molecule has 30 heavy (non-hydrogen) atoms. The summed E-state index contributed by atoms with van der Waals surface area (Å²) in [5.41, 5.74) is 4.70. The molecule has 0 saturated heterocycles. The van der Waals surface area contributed by atoms with Gasteiger partial charge in [0.1, 0.15) is 0 Å². The van der Waals surface area contributed by atoms with Gasteiger partial charge in [-0.2, -0.15) is 0 Å². The summed E-state index contributed by atoms with van der Waals surface area (Å²) >= 11 is 0. The molecule has 0 aliphatic rings. The van der Waals surface area contributed by atoms with Gasteiger partial charge in [0, 0.05) is 23.1 Å². The van der Waals surface area contributed by atoms with Gasteiger partial charge in [0.2, 0.25) is 0 Å². The van der Waals surface area contributed by atoms with E-state index in [9.17, 15) is 14.9 Å². The molecule has 0 aliphatic carbocycles.